The first-order chi connectivity index (χ1) is 11.6. The van der Waals surface area contributed by atoms with Gasteiger partial charge in [0, 0.05) is 12.3 Å². The van der Waals surface area contributed by atoms with Crippen molar-refractivity contribution in [3.63, 3.8) is 0 Å². The molecule has 0 saturated heterocycles. The van der Waals surface area contributed by atoms with E-state index in [-0.39, 0.29) is 11.2 Å². The first-order valence-corrected chi connectivity index (χ1v) is 9.72. The van der Waals surface area contributed by atoms with E-state index in [0.717, 1.165) is 18.6 Å². The molecule has 0 aliphatic heterocycles. The molecule has 24 heavy (non-hydrogen) atoms. The van der Waals surface area contributed by atoms with E-state index in [9.17, 15) is 4.79 Å². The summed E-state index contributed by atoms with van der Waals surface area (Å²) in [7, 11) is 0. The van der Waals surface area contributed by atoms with Gasteiger partial charge < -0.3 is 5.32 Å². The zero-order valence-corrected chi connectivity index (χ0v) is 15.7. The van der Waals surface area contributed by atoms with Crippen LogP contribution in [0.5, 0.6) is 0 Å². The summed E-state index contributed by atoms with van der Waals surface area (Å²) in [5.41, 5.74) is 5.14. The van der Waals surface area contributed by atoms with E-state index < -0.39 is 0 Å². The summed E-state index contributed by atoms with van der Waals surface area (Å²) < 4.78 is 0. The van der Waals surface area contributed by atoms with Crippen LogP contribution in [0, 0.1) is 0 Å². The molecule has 0 aliphatic carbocycles. The number of amides is 1. The van der Waals surface area contributed by atoms with E-state index in [0.29, 0.717) is 6.54 Å². The van der Waals surface area contributed by atoms with Crippen molar-refractivity contribution in [3.05, 3.63) is 70.8 Å². The first-order valence-electron chi connectivity index (χ1n) is 8.68. The highest BCUT2D eigenvalue weighted by Gasteiger charge is 2.13. The molecule has 0 saturated carbocycles. The van der Waals surface area contributed by atoms with Gasteiger partial charge in [-0.1, -0.05) is 62.4 Å². The minimum absolute atomic E-state index is 0.0513. The second-order valence-corrected chi connectivity index (χ2v) is 7.30. The summed E-state index contributed by atoms with van der Waals surface area (Å²) in [4.78, 5) is 12.4. The molecule has 0 heterocycles. The van der Waals surface area contributed by atoms with Crippen LogP contribution in [0.2, 0.25) is 0 Å². The van der Waals surface area contributed by atoms with Crippen molar-refractivity contribution in [1.29, 1.82) is 0 Å². The SMILES string of the molecule is CCc1ccc(CC)c(CNC(=O)C(C)SCc2ccccc2)c1. The van der Waals surface area contributed by atoms with Gasteiger partial charge in [-0.3, -0.25) is 4.79 Å². The Balaban J connectivity index is 1.88. The maximum absolute atomic E-state index is 12.4. The maximum Gasteiger partial charge on any atom is 0.233 e. The summed E-state index contributed by atoms with van der Waals surface area (Å²) in [6.45, 7) is 6.91. The minimum Gasteiger partial charge on any atom is -0.351 e. The topological polar surface area (TPSA) is 29.1 Å². The summed E-state index contributed by atoms with van der Waals surface area (Å²) in [6, 6.07) is 16.9. The van der Waals surface area contributed by atoms with Crippen molar-refractivity contribution < 1.29 is 4.79 Å². The third-order valence-electron chi connectivity index (χ3n) is 4.22. The molecule has 0 radical (unpaired) electrons. The number of benzene rings is 2. The Morgan fingerprint density at radius 3 is 2.42 bits per heavy atom. The Morgan fingerprint density at radius 2 is 1.75 bits per heavy atom. The molecule has 1 N–H and O–H groups in total. The van der Waals surface area contributed by atoms with Gasteiger partial charge in [0.25, 0.3) is 0 Å². The monoisotopic (exact) mass is 341 g/mol. The highest BCUT2D eigenvalue weighted by molar-refractivity contribution is 7.99. The van der Waals surface area contributed by atoms with Crippen LogP contribution in [-0.4, -0.2) is 11.2 Å². The van der Waals surface area contributed by atoms with Gasteiger partial charge in [-0.05, 0) is 42.0 Å². The van der Waals surface area contributed by atoms with Crippen molar-refractivity contribution in [1.82, 2.24) is 5.32 Å². The lowest BCUT2D eigenvalue weighted by atomic mass is 10.0. The van der Waals surface area contributed by atoms with Crippen molar-refractivity contribution in [2.45, 2.75) is 51.2 Å². The number of carbonyl (C=O) groups is 1. The lowest BCUT2D eigenvalue weighted by molar-refractivity contribution is -0.120. The van der Waals surface area contributed by atoms with Crippen molar-refractivity contribution in [2.24, 2.45) is 0 Å². The Bertz CT molecular complexity index is 654. The van der Waals surface area contributed by atoms with Gasteiger partial charge in [0.2, 0.25) is 5.91 Å². The van der Waals surface area contributed by atoms with E-state index in [1.807, 2.05) is 25.1 Å². The molecule has 2 aromatic rings. The molecule has 0 aromatic heterocycles. The van der Waals surface area contributed by atoms with Crippen LogP contribution in [0.3, 0.4) is 0 Å². The zero-order chi connectivity index (χ0) is 17.4. The van der Waals surface area contributed by atoms with E-state index in [4.69, 9.17) is 0 Å². The minimum atomic E-state index is -0.0513. The number of rotatable bonds is 8. The van der Waals surface area contributed by atoms with Crippen molar-refractivity contribution in [3.8, 4) is 0 Å². The molecular formula is C21H27NOS. The standard InChI is InChI=1S/C21H27NOS/c1-4-17-11-12-19(5-2)20(13-17)14-22-21(23)16(3)24-15-18-9-7-6-8-10-18/h6-13,16H,4-5,14-15H2,1-3H3,(H,22,23). The maximum atomic E-state index is 12.4. The third kappa shape index (κ3) is 5.41. The Morgan fingerprint density at radius 1 is 1.00 bits per heavy atom. The van der Waals surface area contributed by atoms with Crippen molar-refractivity contribution >= 4 is 17.7 Å². The van der Waals surface area contributed by atoms with Crippen LogP contribution in [0.15, 0.2) is 48.5 Å². The molecule has 1 unspecified atom stereocenters. The fraction of sp³-hybridized carbons (Fsp3) is 0.381. The van der Waals surface area contributed by atoms with Gasteiger partial charge in [-0.25, -0.2) is 0 Å². The summed E-state index contributed by atoms with van der Waals surface area (Å²) in [5.74, 6) is 0.973. The second kappa shape index (κ2) is 9.53. The Hall–Kier alpha value is -1.74. The smallest absolute Gasteiger partial charge is 0.233 e. The van der Waals surface area contributed by atoms with E-state index in [1.54, 1.807) is 11.8 Å². The molecular weight excluding hydrogens is 314 g/mol. The molecule has 0 spiro atoms. The number of nitrogens with one attached hydrogen (secondary N) is 1. The van der Waals surface area contributed by atoms with E-state index >= 15 is 0 Å². The molecule has 2 nitrogen and oxygen atoms in total. The quantitative estimate of drug-likeness (QED) is 0.751. The van der Waals surface area contributed by atoms with Crippen LogP contribution in [0.25, 0.3) is 0 Å². The summed E-state index contributed by atoms with van der Waals surface area (Å²) in [6.07, 6.45) is 2.02. The zero-order valence-electron chi connectivity index (χ0n) is 14.8. The third-order valence-corrected chi connectivity index (χ3v) is 5.44. The van der Waals surface area contributed by atoms with Gasteiger partial charge in [-0.15, -0.1) is 11.8 Å². The predicted octanol–water partition coefficient (Wildman–Crippen LogP) is 4.75. The Kier molecular flexibility index (Phi) is 7.38. The van der Waals surface area contributed by atoms with Crippen LogP contribution in [0.1, 0.15) is 43.0 Å². The van der Waals surface area contributed by atoms with Gasteiger partial charge in [0.1, 0.15) is 0 Å². The number of aryl methyl sites for hydroxylation is 2. The lowest BCUT2D eigenvalue weighted by Crippen LogP contribution is -2.30. The molecule has 2 aromatic carbocycles. The number of thioether (sulfide) groups is 1. The van der Waals surface area contributed by atoms with Crippen LogP contribution >= 0.6 is 11.8 Å². The lowest BCUT2D eigenvalue weighted by Gasteiger charge is -2.14. The highest BCUT2D eigenvalue weighted by Crippen LogP contribution is 2.18. The molecule has 0 bridgehead atoms. The number of hydrogen-bond donors (Lipinski definition) is 1. The van der Waals surface area contributed by atoms with Crippen LogP contribution in [-0.2, 0) is 29.9 Å². The Labute approximate surface area is 150 Å². The average molecular weight is 342 g/mol. The number of carbonyl (C=O) groups excluding carboxylic acids is 1. The molecule has 128 valence electrons. The van der Waals surface area contributed by atoms with E-state index in [2.05, 4.69) is 49.5 Å². The van der Waals surface area contributed by atoms with Gasteiger partial charge in [0.15, 0.2) is 0 Å². The van der Waals surface area contributed by atoms with Gasteiger partial charge >= 0.3 is 0 Å². The normalized spacial score (nSPS) is 12.0. The summed E-state index contributed by atoms with van der Waals surface area (Å²) >= 11 is 1.68. The molecule has 1 amide bonds. The molecule has 1 atom stereocenters. The number of hydrogen-bond acceptors (Lipinski definition) is 2. The fourth-order valence-electron chi connectivity index (χ4n) is 2.61. The highest BCUT2D eigenvalue weighted by atomic mass is 32.2. The predicted molar refractivity (Wildman–Crippen MR) is 104 cm³/mol. The fourth-order valence-corrected chi connectivity index (χ4v) is 3.48. The van der Waals surface area contributed by atoms with Gasteiger partial charge in [-0.2, -0.15) is 0 Å². The van der Waals surface area contributed by atoms with Crippen LogP contribution in [0.4, 0.5) is 0 Å². The second-order valence-electron chi connectivity index (χ2n) is 5.97. The molecule has 2 rings (SSSR count). The largest absolute Gasteiger partial charge is 0.351 e. The molecule has 0 fully saturated rings. The van der Waals surface area contributed by atoms with Crippen molar-refractivity contribution in [2.75, 3.05) is 0 Å². The molecule has 3 heteroatoms. The first kappa shape index (κ1) is 18.6. The van der Waals surface area contributed by atoms with Crippen LogP contribution < -0.4 is 5.32 Å². The average Bonchev–Trinajstić information content (AvgIpc) is 2.64. The van der Waals surface area contributed by atoms with Gasteiger partial charge in [0.05, 0.1) is 5.25 Å². The molecule has 0 aliphatic rings. The summed E-state index contributed by atoms with van der Waals surface area (Å²) in [5, 5.41) is 3.05. The van der Waals surface area contributed by atoms with E-state index in [1.165, 1.54) is 22.3 Å².